The summed E-state index contributed by atoms with van der Waals surface area (Å²) < 4.78 is 0.546. The summed E-state index contributed by atoms with van der Waals surface area (Å²) in [6.45, 7) is 0. The van der Waals surface area contributed by atoms with E-state index < -0.39 is 23.7 Å². The van der Waals surface area contributed by atoms with Crippen molar-refractivity contribution in [2.24, 2.45) is 0 Å². The van der Waals surface area contributed by atoms with E-state index in [1.165, 1.54) is 30.3 Å². The van der Waals surface area contributed by atoms with Gasteiger partial charge in [0.15, 0.2) is 0 Å². The van der Waals surface area contributed by atoms with E-state index in [4.69, 9.17) is 11.6 Å². The van der Waals surface area contributed by atoms with Crippen LogP contribution in [-0.2, 0) is 0 Å². The first-order valence-corrected chi connectivity index (χ1v) is 10.1. The number of hydrogen-bond donors (Lipinski definition) is 2. The number of imide groups is 1. The van der Waals surface area contributed by atoms with Gasteiger partial charge in [0.05, 0.1) is 33.1 Å². The smallest absolute Gasteiger partial charge is 0.337 e. The number of anilines is 2. The molecular formula is C22H12BrClN2O5. The Labute approximate surface area is 189 Å². The lowest BCUT2D eigenvalue weighted by Gasteiger charge is -2.15. The maximum absolute atomic E-state index is 12.9. The summed E-state index contributed by atoms with van der Waals surface area (Å²) in [6, 6.07) is 15.0. The number of carbonyl (C=O) groups is 4. The van der Waals surface area contributed by atoms with Crippen molar-refractivity contribution in [3.8, 4) is 0 Å². The van der Waals surface area contributed by atoms with E-state index in [9.17, 15) is 24.3 Å². The number of aromatic carboxylic acids is 1. The van der Waals surface area contributed by atoms with Crippen LogP contribution in [0.15, 0.2) is 65.1 Å². The molecule has 3 aromatic carbocycles. The first-order chi connectivity index (χ1) is 14.8. The summed E-state index contributed by atoms with van der Waals surface area (Å²) in [5.74, 6) is -2.97. The molecule has 0 aromatic heterocycles. The van der Waals surface area contributed by atoms with Crippen LogP contribution in [0.25, 0.3) is 0 Å². The number of carbonyl (C=O) groups excluding carboxylic acids is 3. The zero-order chi connectivity index (χ0) is 22.3. The molecule has 31 heavy (non-hydrogen) atoms. The van der Waals surface area contributed by atoms with Crippen molar-refractivity contribution in [2.45, 2.75) is 0 Å². The van der Waals surface area contributed by atoms with Crippen LogP contribution in [0.1, 0.15) is 41.4 Å². The molecule has 0 unspecified atom stereocenters. The van der Waals surface area contributed by atoms with Gasteiger partial charge in [0.2, 0.25) is 0 Å². The average Bonchev–Trinajstić information content (AvgIpc) is 2.99. The minimum Gasteiger partial charge on any atom is -0.478 e. The van der Waals surface area contributed by atoms with Gasteiger partial charge in [0.1, 0.15) is 0 Å². The topological polar surface area (TPSA) is 104 Å². The van der Waals surface area contributed by atoms with Crippen LogP contribution in [0.2, 0.25) is 5.02 Å². The number of fused-ring (bicyclic) bond motifs is 1. The van der Waals surface area contributed by atoms with Gasteiger partial charge < -0.3 is 10.4 Å². The number of nitrogens with one attached hydrogen (secondary N) is 1. The summed E-state index contributed by atoms with van der Waals surface area (Å²) in [5.41, 5.74) is 0.562. The Morgan fingerprint density at radius 2 is 1.65 bits per heavy atom. The van der Waals surface area contributed by atoms with Gasteiger partial charge >= 0.3 is 5.97 Å². The van der Waals surface area contributed by atoms with E-state index in [1.807, 2.05) is 0 Å². The number of hydrogen-bond acceptors (Lipinski definition) is 4. The Hall–Kier alpha value is -3.49. The molecule has 154 valence electrons. The average molecular weight is 500 g/mol. The number of amides is 3. The van der Waals surface area contributed by atoms with Gasteiger partial charge in [-0.05, 0) is 48.5 Å². The van der Waals surface area contributed by atoms with Gasteiger partial charge in [-0.25, -0.2) is 9.69 Å². The molecule has 3 aromatic rings. The predicted molar refractivity (Wildman–Crippen MR) is 118 cm³/mol. The van der Waals surface area contributed by atoms with Crippen molar-refractivity contribution in [2.75, 3.05) is 10.2 Å². The minimum absolute atomic E-state index is 0.0619. The molecular weight excluding hydrogens is 488 g/mol. The molecule has 0 bridgehead atoms. The molecule has 7 nitrogen and oxygen atoms in total. The Bertz CT molecular complexity index is 1290. The highest BCUT2D eigenvalue weighted by molar-refractivity contribution is 9.10. The first-order valence-electron chi connectivity index (χ1n) is 8.89. The number of carboxylic acid groups (broad SMARTS) is 1. The van der Waals surface area contributed by atoms with E-state index in [0.29, 0.717) is 4.47 Å². The van der Waals surface area contributed by atoms with Crippen molar-refractivity contribution in [3.05, 3.63) is 92.4 Å². The highest BCUT2D eigenvalue weighted by Gasteiger charge is 2.38. The fourth-order valence-electron chi connectivity index (χ4n) is 3.23. The molecule has 0 radical (unpaired) electrons. The monoisotopic (exact) mass is 498 g/mol. The van der Waals surface area contributed by atoms with Gasteiger partial charge in [-0.15, -0.1) is 0 Å². The molecule has 0 fully saturated rings. The van der Waals surface area contributed by atoms with Crippen molar-refractivity contribution in [1.29, 1.82) is 0 Å². The van der Waals surface area contributed by atoms with E-state index in [-0.39, 0.29) is 38.7 Å². The summed E-state index contributed by atoms with van der Waals surface area (Å²) in [4.78, 5) is 50.8. The fourth-order valence-corrected chi connectivity index (χ4v) is 3.81. The number of benzene rings is 3. The molecule has 0 saturated heterocycles. The number of halogens is 2. The van der Waals surface area contributed by atoms with E-state index in [2.05, 4.69) is 21.2 Å². The largest absolute Gasteiger partial charge is 0.478 e. The zero-order valence-electron chi connectivity index (χ0n) is 15.6. The quantitative estimate of drug-likeness (QED) is 0.499. The van der Waals surface area contributed by atoms with Crippen LogP contribution in [0.4, 0.5) is 11.4 Å². The highest BCUT2D eigenvalue weighted by Crippen LogP contribution is 2.33. The third-order valence-corrected chi connectivity index (χ3v) is 5.52. The first kappa shape index (κ1) is 20.8. The van der Waals surface area contributed by atoms with Crippen molar-refractivity contribution >= 4 is 62.6 Å². The second-order valence-electron chi connectivity index (χ2n) is 6.61. The SMILES string of the molecule is O=C(Nc1ccc(Br)cc1C(=O)O)c1ccc2c(c1)C(=O)N(c1ccccc1Cl)C2=O. The summed E-state index contributed by atoms with van der Waals surface area (Å²) in [6.07, 6.45) is 0. The number of carboxylic acids is 1. The molecule has 9 heteroatoms. The summed E-state index contributed by atoms with van der Waals surface area (Å²) in [5, 5.41) is 12.1. The predicted octanol–water partition coefficient (Wildman–Crippen LogP) is 4.85. The van der Waals surface area contributed by atoms with E-state index in [0.717, 1.165) is 4.90 Å². The molecule has 1 aliphatic heterocycles. The van der Waals surface area contributed by atoms with Crippen LogP contribution in [-0.4, -0.2) is 28.8 Å². The molecule has 0 spiro atoms. The molecule has 0 saturated carbocycles. The fraction of sp³-hybridized carbons (Fsp3) is 0. The van der Waals surface area contributed by atoms with Gasteiger partial charge in [-0.3, -0.25) is 14.4 Å². The molecule has 4 rings (SSSR count). The standard InChI is InChI=1S/C22H12BrClN2O5/c23-12-6-8-17(15(10-12)22(30)31)25-19(27)11-5-7-13-14(9-11)21(29)26(20(13)28)18-4-2-1-3-16(18)24/h1-10H,(H,25,27)(H,30,31). The molecule has 0 aliphatic carbocycles. The lowest BCUT2D eigenvalue weighted by molar-refractivity contribution is 0.0697. The molecule has 0 atom stereocenters. The summed E-state index contributed by atoms with van der Waals surface area (Å²) in [7, 11) is 0. The van der Waals surface area contributed by atoms with Crippen molar-refractivity contribution < 1.29 is 24.3 Å². The van der Waals surface area contributed by atoms with Crippen molar-refractivity contribution in [3.63, 3.8) is 0 Å². The van der Waals surface area contributed by atoms with Gasteiger partial charge in [0.25, 0.3) is 17.7 Å². The Morgan fingerprint density at radius 3 is 2.35 bits per heavy atom. The van der Waals surface area contributed by atoms with Gasteiger partial charge in [-0.1, -0.05) is 39.7 Å². The maximum Gasteiger partial charge on any atom is 0.337 e. The lowest BCUT2D eigenvalue weighted by Crippen LogP contribution is -2.29. The van der Waals surface area contributed by atoms with Crippen molar-refractivity contribution in [1.82, 2.24) is 0 Å². The molecule has 2 N–H and O–H groups in total. The Balaban J connectivity index is 1.66. The minimum atomic E-state index is -1.21. The van der Waals surface area contributed by atoms with Gasteiger partial charge in [0, 0.05) is 10.0 Å². The third kappa shape index (κ3) is 3.71. The van der Waals surface area contributed by atoms with Crippen LogP contribution in [0.3, 0.4) is 0 Å². The number of rotatable bonds is 4. The molecule has 3 amide bonds. The second kappa shape index (κ2) is 7.98. The Kier molecular flexibility index (Phi) is 5.34. The molecule has 1 heterocycles. The second-order valence-corrected chi connectivity index (χ2v) is 7.93. The maximum atomic E-state index is 12.9. The van der Waals surface area contributed by atoms with Crippen LogP contribution in [0.5, 0.6) is 0 Å². The zero-order valence-corrected chi connectivity index (χ0v) is 17.9. The van der Waals surface area contributed by atoms with Crippen LogP contribution < -0.4 is 10.2 Å². The molecule has 1 aliphatic rings. The number of nitrogens with zero attached hydrogens (tertiary/aromatic N) is 1. The Morgan fingerprint density at radius 1 is 0.935 bits per heavy atom. The van der Waals surface area contributed by atoms with Gasteiger partial charge in [-0.2, -0.15) is 0 Å². The lowest BCUT2D eigenvalue weighted by atomic mass is 10.0. The summed E-state index contributed by atoms with van der Waals surface area (Å²) >= 11 is 9.33. The number of para-hydroxylation sites is 1. The highest BCUT2D eigenvalue weighted by atomic mass is 79.9. The van der Waals surface area contributed by atoms with E-state index in [1.54, 1.807) is 30.3 Å². The van der Waals surface area contributed by atoms with E-state index >= 15 is 0 Å². The third-order valence-electron chi connectivity index (χ3n) is 4.70. The van der Waals surface area contributed by atoms with Crippen LogP contribution >= 0.6 is 27.5 Å². The normalized spacial score (nSPS) is 12.6. The van der Waals surface area contributed by atoms with Crippen LogP contribution in [0, 0.1) is 0 Å².